The Hall–Kier alpha value is -2.28. The van der Waals surface area contributed by atoms with Gasteiger partial charge >= 0.3 is 0 Å². The number of sulfonamides is 1. The summed E-state index contributed by atoms with van der Waals surface area (Å²) < 4.78 is 67.0. The van der Waals surface area contributed by atoms with Gasteiger partial charge in [-0.3, -0.25) is 4.55 Å². The maximum Gasteiger partial charge on any atom is 0.266 e. The topological polar surface area (TPSA) is 151 Å². The lowest BCUT2D eigenvalue weighted by Crippen LogP contribution is -2.57. The Morgan fingerprint density at radius 2 is 1.71 bits per heavy atom. The first-order valence-corrected chi connectivity index (χ1v) is 13.9. The first-order chi connectivity index (χ1) is 15.9. The third kappa shape index (κ3) is 6.44. The van der Waals surface area contributed by atoms with Crippen molar-refractivity contribution in [1.29, 1.82) is 0 Å². The molecule has 0 aliphatic rings. The SMILES string of the molecule is CC(C)CN(C(CS(=O)(=O)O)C(O)C(N)Cc1ccccc1)S(=O)(=O)c1ccc2occc2c1. The third-order valence-electron chi connectivity index (χ3n) is 5.47. The van der Waals surface area contributed by atoms with Crippen LogP contribution in [0.2, 0.25) is 0 Å². The molecular weight excluding hydrogens is 480 g/mol. The van der Waals surface area contributed by atoms with Crippen LogP contribution in [0.15, 0.2) is 70.2 Å². The first kappa shape index (κ1) is 26.3. The lowest BCUT2D eigenvalue weighted by molar-refractivity contribution is 0.0727. The fourth-order valence-corrected chi connectivity index (χ4v) is 6.61. The average molecular weight is 511 g/mol. The fraction of sp³-hybridized carbons (Fsp3) is 0.391. The number of furan rings is 1. The summed E-state index contributed by atoms with van der Waals surface area (Å²) in [5.41, 5.74) is 7.51. The van der Waals surface area contributed by atoms with E-state index in [0.717, 1.165) is 9.87 Å². The van der Waals surface area contributed by atoms with Crippen LogP contribution in [0.1, 0.15) is 19.4 Å². The number of fused-ring (bicyclic) bond motifs is 1. The van der Waals surface area contributed by atoms with E-state index >= 15 is 0 Å². The van der Waals surface area contributed by atoms with Crippen LogP contribution in [0.3, 0.4) is 0 Å². The molecule has 2 aromatic carbocycles. The summed E-state index contributed by atoms with van der Waals surface area (Å²) in [6.45, 7) is 3.44. The van der Waals surface area contributed by atoms with E-state index in [1.165, 1.54) is 24.5 Å². The summed E-state index contributed by atoms with van der Waals surface area (Å²) in [4.78, 5) is -0.0915. The molecule has 0 saturated carbocycles. The molecule has 3 aromatic rings. The zero-order valence-electron chi connectivity index (χ0n) is 19.0. The summed E-state index contributed by atoms with van der Waals surface area (Å²) >= 11 is 0. The minimum absolute atomic E-state index is 0.0915. The molecule has 4 N–H and O–H groups in total. The molecule has 34 heavy (non-hydrogen) atoms. The molecule has 3 unspecified atom stereocenters. The minimum atomic E-state index is -4.66. The van der Waals surface area contributed by atoms with Crippen molar-refractivity contribution in [2.45, 2.75) is 43.4 Å². The van der Waals surface area contributed by atoms with Gasteiger partial charge in [-0.15, -0.1) is 0 Å². The lowest BCUT2D eigenvalue weighted by atomic mass is 9.97. The highest BCUT2D eigenvalue weighted by atomic mass is 32.2. The van der Waals surface area contributed by atoms with Crippen LogP contribution in [-0.2, 0) is 26.6 Å². The van der Waals surface area contributed by atoms with E-state index in [-0.39, 0.29) is 23.8 Å². The second-order valence-electron chi connectivity index (χ2n) is 8.75. The normalized spacial score (nSPS) is 15.6. The molecule has 0 spiro atoms. The summed E-state index contributed by atoms with van der Waals surface area (Å²) in [5, 5.41) is 11.7. The molecule has 0 amide bonds. The van der Waals surface area contributed by atoms with Crippen molar-refractivity contribution in [3.05, 3.63) is 66.4 Å². The summed E-state index contributed by atoms with van der Waals surface area (Å²) in [6, 6.07) is 12.4. The molecule has 0 radical (unpaired) electrons. The maximum absolute atomic E-state index is 13.7. The number of benzene rings is 2. The van der Waals surface area contributed by atoms with E-state index in [1.54, 1.807) is 44.2 Å². The standard InChI is InChI=1S/C23H30N2O7S2/c1-16(2)14-25(34(30,31)19-8-9-22-18(13-19)10-11-32-22)21(15-33(27,28)29)23(26)20(24)12-17-6-4-3-5-7-17/h3-11,13,16,20-21,23,26H,12,14-15,24H2,1-2H3,(H,27,28,29). The van der Waals surface area contributed by atoms with E-state index in [2.05, 4.69) is 0 Å². The van der Waals surface area contributed by atoms with Crippen molar-refractivity contribution in [1.82, 2.24) is 4.31 Å². The Morgan fingerprint density at radius 3 is 2.32 bits per heavy atom. The van der Waals surface area contributed by atoms with E-state index in [0.29, 0.717) is 11.0 Å². The predicted octanol–water partition coefficient (Wildman–Crippen LogP) is 2.27. The zero-order valence-corrected chi connectivity index (χ0v) is 20.6. The quantitative estimate of drug-likeness (QED) is 0.332. The van der Waals surface area contributed by atoms with Gasteiger partial charge in [0, 0.05) is 18.0 Å². The van der Waals surface area contributed by atoms with Crippen LogP contribution < -0.4 is 5.73 Å². The van der Waals surface area contributed by atoms with Gasteiger partial charge in [-0.25, -0.2) is 8.42 Å². The highest BCUT2D eigenvalue weighted by molar-refractivity contribution is 7.89. The van der Waals surface area contributed by atoms with Crippen LogP contribution in [0.25, 0.3) is 11.0 Å². The smallest absolute Gasteiger partial charge is 0.266 e. The van der Waals surface area contributed by atoms with Crippen LogP contribution in [0, 0.1) is 5.92 Å². The summed E-state index contributed by atoms with van der Waals surface area (Å²) in [5.74, 6) is -1.22. The van der Waals surface area contributed by atoms with Crippen LogP contribution in [0.4, 0.5) is 0 Å². The average Bonchev–Trinajstić information content (AvgIpc) is 3.23. The number of aliphatic hydroxyl groups is 1. The second-order valence-corrected chi connectivity index (χ2v) is 12.1. The van der Waals surface area contributed by atoms with E-state index in [4.69, 9.17) is 10.2 Å². The Bertz CT molecular complexity index is 1310. The second kappa shape index (κ2) is 10.5. The third-order valence-corrected chi connectivity index (χ3v) is 8.12. The van der Waals surface area contributed by atoms with E-state index in [1.807, 2.05) is 6.07 Å². The highest BCUT2D eigenvalue weighted by Crippen LogP contribution is 2.27. The van der Waals surface area contributed by atoms with Crippen molar-refractivity contribution in [3.8, 4) is 0 Å². The molecule has 1 heterocycles. The molecule has 0 saturated heterocycles. The minimum Gasteiger partial charge on any atom is -0.464 e. The number of aliphatic hydroxyl groups excluding tert-OH is 1. The summed E-state index contributed by atoms with van der Waals surface area (Å²) in [7, 11) is -8.95. The zero-order chi connectivity index (χ0) is 25.1. The van der Waals surface area contributed by atoms with Gasteiger partial charge in [-0.1, -0.05) is 44.2 Å². The van der Waals surface area contributed by atoms with Gasteiger partial charge in [0.25, 0.3) is 10.1 Å². The van der Waals surface area contributed by atoms with Crippen molar-refractivity contribution < 1.29 is 30.9 Å². The fourth-order valence-electron chi connectivity index (χ4n) is 3.87. The molecule has 11 heteroatoms. The monoisotopic (exact) mass is 510 g/mol. The van der Waals surface area contributed by atoms with Gasteiger partial charge in [-0.05, 0) is 42.2 Å². The first-order valence-electron chi connectivity index (χ1n) is 10.8. The van der Waals surface area contributed by atoms with Crippen molar-refractivity contribution in [2.24, 2.45) is 11.7 Å². The molecule has 0 aliphatic carbocycles. The van der Waals surface area contributed by atoms with Crippen LogP contribution >= 0.6 is 0 Å². The Morgan fingerprint density at radius 1 is 1.03 bits per heavy atom. The van der Waals surface area contributed by atoms with Gasteiger partial charge in [-0.2, -0.15) is 12.7 Å². The Labute approximate surface area is 200 Å². The van der Waals surface area contributed by atoms with Crippen LogP contribution in [0.5, 0.6) is 0 Å². The van der Waals surface area contributed by atoms with E-state index < -0.39 is 44.1 Å². The number of nitrogens with zero attached hydrogens (tertiary/aromatic N) is 1. The molecule has 186 valence electrons. The maximum atomic E-state index is 13.7. The Balaban J connectivity index is 2.03. The molecular formula is C23H30N2O7S2. The molecule has 1 aromatic heterocycles. The molecule has 0 bridgehead atoms. The predicted molar refractivity (Wildman–Crippen MR) is 129 cm³/mol. The number of rotatable bonds is 11. The number of hydrogen-bond donors (Lipinski definition) is 3. The molecule has 3 rings (SSSR count). The van der Waals surface area contributed by atoms with Gasteiger partial charge in [0.1, 0.15) is 5.58 Å². The highest BCUT2D eigenvalue weighted by Gasteiger charge is 2.40. The molecule has 0 fully saturated rings. The largest absolute Gasteiger partial charge is 0.464 e. The van der Waals surface area contributed by atoms with E-state index in [9.17, 15) is 26.5 Å². The lowest BCUT2D eigenvalue weighted by Gasteiger charge is -2.36. The van der Waals surface area contributed by atoms with Gasteiger partial charge in [0.15, 0.2) is 0 Å². The number of nitrogens with two attached hydrogens (primary N) is 1. The van der Waals surface area contributed by atoms with Crippen molar-refractivity contribution >= 4 is 31.1 Å². The van der Waals surface area contributed by atoms with Crippen molar-refractivity contribution in [2.75, 3.05) is 12.3 Å². The molecule has 0 aliphatic heterocycles. The Kier molecular flexibility index (Phi) is 8.17. The van der Waals surface area contributed by atoms with Gasteiger partial charge in [0.2, 0.25) is 10.0 Å². The van der Waals surface area contributed by atoms with Gasteiger partial charge < -0.3 is 15.3 Å². The molecule has 3 atom stereocenters. The summed E-state index contributed by atoms with van der Waals surface area (Å²) in [6.07, 6.45) is 0.0364. The van der Waals surface area contributed by atoms with Crippen LogP contribution in [-0.4, -0.2) is 61.3 Å². The number of hydrogen-bond acceptors (Lipinski definition) is 7. The molecule has 9 nitrogen and oxygen atoms in total. The van der Waals surface area contributed by atoms with Crippen molar-refractivity contribution in [3.63, 3.8) is 0 Å². The van der Waals surface area contributed by atoms with Gasteiger partial charge in [0.05, 0.1) is 29.1 Å².